The smallest absolute Gasteiger partial charge is 0.305 e. The van der Waals surface area contributed by atoms with Crippen LogP contribution in [0.2, 0.25) is 0 Å². The standard InChI is InChI=1S/C14H24N2O5/c1-15-12-9-20-8-11(12)14(19)16-5-2-10(3-6-16)21-7-4-13(17)18/h10-12,15H,2-9H2,1H3,(H,17,18). The Morgan fingerprint density at radius 3 is 2.67 bits per heavy atom. The van der Waals surface area contributed by atoms with E-state index in [0.29, 0.717) is 26.3 Å². The molecule has 2 saturated heterocycles. The SMILES string of the molecule is CNC1COCC1C(=O)N1CCC(OCCC(=O)O)CC1. The van der Waals surface area contributed by atoms with Crippen molar-refractivity contribution in [2.75, 3.05) is 40.0 Å². The van der Waals surface area contributed by atoms with Gasteiger partial charge >= 0.3 is 5.97 Å². The molecule has 1 amide bonds. The molecule has 21 heavy (non-hydrogen) atoms. The van der Waals surface area contributed by atoms with Crippen LogP contribution >= 0.6 is 0 Å². The Bertz CT molecular complexity index is 368. The summed E-state index contributed by atoms with van der Waals surface area (Å²) in [5.41, 5.74) is 0. The first-order valence-corrected chi connectivity index (χ1v) is 7.49. The molecule has 120 valence electrons. The van der Waals surface area contributed by atoms with Gasteiger partial charge in [-0.15, -0.1) is 0 Å². The van der Waals surface area contributed by atoms with Gasteiger partial charge in [0.1, 0.15) is 0 Å². The van der Waals surface area contributed by atoms with Crippen molar-refractivity contribution in [2.45, 2.75) is 31.4 Å². The highest BCUT2D eigenvalue weighted by Gasteiger charge is 2.36. The summed E-state index contributed by atoms with van der Waals surface area (Å²) in [5, 5.41) is 11.7. The van der Waals surface area contributed by atoms with E-state index in [2.05, 4.69) is 5.32 Å². The molecule has 2 fully saturated rings. The monoisotopic (exact) mass is 300 g/mol. The molecule has 2 atom stereocenters. The fraction of sp³-hybridized carbons (Fsp3) is 0.857. The summed E-state index contributed by atoms with van der Waals surface area (Å²) in [5.74, 6) is -0.794. The van der Waals surface area contributed by atoms with Gasteiger partial charge in [-0.25, -0.2) is 0 Å². The first-order valence-electron chi connectivity index (χ1n) is 7.49. The lowest BCUT2D eigenvalue weighted by molar-refractivity contribution is -0.139. The van der Waals surface area contributed by atoms with Crippen LogP contribution in [0.25, 0.3) is 0 Å². The number of amides is 1. The predicted molar refractivity (Wildman–Crippen MR) is 75.0 cm³/mol. The van der Waals surface area contributed by atoms with Crippen molar-refractivity contribution in [3.05, 3.63) is 0 Å². The second-order valence-electron chi connectivity index (χ2n) is 5.58. The molecule has 2 rings (SSSR count). The molecule has 2 unspecified atom stereocenters. The predicted octanol–water partition coefficient (Wildman–Crippen LogP) is -0.297. The molecule has 7 nitrogen and oxygen atoms in total. The number of carbonyl (C=O) groups excluding carboxylic acids is 1. The summed E-state index contributed by atoms with van der Waals surface area (Å²) in [6.45, 7) is 2.65. The minimum absolute atomic E-state index is 0.0302. The van der Waals surface area contributed by atoms with Gasteiger partial charge < -0.3 is 24.8 Å². The number of rotatable bonds is 6. The van der Waals surface area contributed by atoms with Gasteiger partial charge in [-0.3, -0.25) is 9.59 Å². The minimum Gasteiger partial charge on any atom is -0.481 e. The zero-order valence-electron chi connectivity index (χ0n) is 12.4. The molecule has 2 aliphatic rings. The van der Waals surface area contributed by atoms with Gasteiger partial charge in [-0.05, 0) is 19.9 Å². The number of piperidine rings is 1. The molecule has 2 N–H and O–H groups in total. The lowest BCUT2D eigenvalue weighted by Crippen LogP contribution is -2.48. The maximum Gasteiger partial charge on any atom is 0.305 e. The van der Waals surface area contributed by atoms with Crippen molar-refractivity contribution >= 4 is 11.9 Å². The normalized spacial score (nSPS) is 27.0. The molecule has 0 radical (unpaired) electrons. The third-order valence-electron chi connectivity index (χ3n) is 4.19. The van der Waals surface area contributed by atoms with E-state index in [1.807, 2.05) is 11.9 Å². The Labute approximate surface area is 124 Å². The van der Waals surface area contributed by atoms with Gasteiger partial charge in [0.15, 0.2) is 0 Å². The summed E-state index contributed by atoms with van der Waals surface area (Å²) in [6.07, 6.45) is 1.63. The van der Waals surface area contributed by atoms with Gasteiger partial charge in [0.2, 0.25) is 5.91 Å². The second kappa shape index (κ2) is 7.72. The van der Waals surface area contributed by atoms with Crippen molar-refractivity contribution in [3.8, 4) is 0 Å². The first-order chi connectivity index (χ1) is 10.1. The van der Waals surface area contributed by atoms with E-state index in [4.69, 9.17) is 14.6 Å². The molecular weight excluding hydrogens is 276 g/mol. The summed E-state index contributed by atoms with van der Waals surface area (Å²) >= 11 is 0. The zero-order valence-corrected chi connectivity index (χ0v) is 12.4. The van der Waals surface area contributed by atoms with E-state index in [0.717, 1.165) is 12.8 Å². The van der Waals surface area contributed by atoms with E-state index in [9.17, 15) is 9.59 Å². The number of nitrogens with one attached hydrogen (secondary N) is 1. The van der Waals surface area contributed by atoms with Gasteiger partial charge in [-0.1, -0.05) is 0 Å². The Morgan fingerprint density at radius 1 is 1.33 bits per heavy atom. The molecule has 0 saturated carbocycles. The van der Waals surface area contributed by atoms with Crippen LogP contribution in [-0.2, 0) is 19.1 Å². The highest BCUT2D eigenvalue weighted by molar-refractivity contribution is 5.80. The third-order valence-corrected chi connectivity index (χ3v) is 4.19. The van der Waals surface area contributed by atoms with E-state index >= 15 is 0 Å². The van der Waals surface area contributed by atoms with Crippen LogP contribution in [0.1, 0.15) is 19.3 Å². The molecule has 7 heteroatoms. The third kappa shape index (κ3) is 4.39. The molecule has 0 aromatic rings. The number of aliphatic carboxylic acids is 1. The van der Waals surface area contributed by atoms with Crippen molar-refractivity contribution in [1.29, 1.82) is 0 Å². The van der Waals surface area contributed by atoms with Crippen LogP contribution in [0.4, 0.5) is 0 Å². The van der Waals surface area contributed by atoms with Gasteiger partial charge in [0.25, 0.3) is 0 Å². The summed E-state index contributed by atoms with van der Waals surface area (Å²) in [4.78, 5) is 24.8. The van der Waals surface area contributed by atoms with Crippen LogP contribution in [0, 0.1) is 5.92 Å². The second-order valence-corrected chi connectivity index (χ2v) is 5.58. The number of carboxylic acid groups (broad SMARTS) is 1. The van der Waals surface area contributed by atoms with Crippen LogP contribution in [0.3, 0.4) is 0 Å². The number of carboxylic acids is 1. The summed E-state index contributed by atoms with van der Waals surface area (Å²) in [7, 11) is 1.85. The molecule has 0 aromatic heterocycles. The van der Waals surface area contributed by atoms with Crippen LogP contribution in [-0.4, -0.2) is 74.0 Å². The molecule has 0 aliphatic carbocycles. The lowest BCUT2D eigenvalue weighted by Gasteiger charge is -2.34. The van der Waals surface area contributed by atoms with Crippen LogP contribution in [0.5, 0.6) is 0 Å². The molecule has 2 aliphatic heterocycles. The van der Waals surface area contributed by atoms with Crippen molar-refractivity contribution < 1.29 is 24.2 Å². The van der Waals surface area contributed by atoms with Crippen molar-refractivity contribution in [1.82, 2.24) is 10.2 Å². The fourth-order valence-corrected chi connectivity index (χ4v) is 2.87. The maximum absolute atomic E-state index is 12.5. The number of ether oxygens (including phenoxy) is 2. The number of hydrogen-bond donors (Lipinski definition) is 2. The highest BCUT2D eigenvalue weighted by atomic mass is 16.5. The number of carbonyl (C=O) groups is 2. The van der Waals surface area contributed by atoms with Gasteiger partial charge in [0.05, 0.1) is 38.3 Å². The Hall–Kier alpha value is -1.18. The molecule has 0 bridgehead atoms. The van der Waals surface area contributed by atoms with Gasteiger partial charge in [-0.2, -0.15) is 0 Å². The Balaban J connectivity index is 1.73. The van der Waals surface area contributed by atoms with E-state index in [1.165, 1.54) is 0 Å². The van der Waals surface area contributed by atoms with Gasteiger partial charge in [0, 0.05) is 19.1 Å². The maximum atomic E-state index is 12.5. The first kappa shape index (κ1) is 16.2. The van der Waals surface area contributed by atoms with Crippen LogP contribution < -0.4 is 5.32 Å². The molecular formula is C14H24N2O5. The molecule has 0 spiro atoms. The highest BCUT2D eigenvalue weighted by Crippen LogP contribution is 2.20. The van der Waals surface area contributed by atoms with E-state index in [-0.39, 0.29) is 37.0 Å². The average Bonchev–Trinajstić information content (AvgIpc) is 2.95. The lowest BCUT2D eigenvalue weighted by atomic mass is 9.99. The molecule has 0 aromatic carbocycles. The summed E-state index contributed by atoms with van der Waals surface area (Å²) in [6, 6.07) is 0.0991. The Morgan fingerprint density at radius 2 is 2.05 bits per heavy atom. The quantitative estimate of drug-likeness (QED) is 0.700. The average molecular weight is 300 g/mol. The van der Waals surface area contributed by atoms with Crippen LogP contribution in [0.15, 0.2) is 0 Å². The van der Waals surface area contributed by atoms with E-state index < -0.39 is 5.97 Å². The summed E-state index contributed by atoms with van der Waals surface area (Å²) < 4.78 is 10.9. The van der Waals surface area contributed by atoms with E-state index in [1.54, 1.807) is 0 Å². The zero-order chi connectivity index (χ0) is 15.2. The fourth-order valence-electron chi connectivity index (χ4n) is 2.87. The van der Waals surface area contributed by atoms with Crippen molar-refractivity contribution in [3.63, 3.8) is 0 Å². The number of likely N-dealkylation sites (tertiary alicyclic amines) is 1. The topological polar surface area (TPSA) is 88.1 Å². The minimum atomic E-state index is -0.845. The Kier molecular flexibility index (Phi) is 5.96. The van der Waals surface area contributed by atoms with Crippen molar-refractivity contribution in [2.24, 2.45) is 5.92 Å². The number of nitrogens with zero attached hydrogens (tertiary/aromatic N) is 1. The largest absolute Gasteiger partial charge is 0.481 e. The number of hydrogen-bond acceptors (Lipinski definition) is 5. The molecule has 2 heterocycles. The number of likely N-dealkylation sites (N-methyl/N-ethyl adjacent to an activating group) is 1.